The molecule has 0 spiro atoms. The van der Waals surface area contributed by atoms with Crippen molar-refractivity contribution in [3.05, 3.63) is 52.9 Å². The van der Waals surface area contributed by atoms with Crippen molar-refractivity contribution in [1.29, 1.82) is 0 Å². The molecule has 0 unspecified atom stereocenters. The van der Waals surface area contributed by atoms with Crippen LogP contribution < -0.4 is 21.8 Å². The summed E-state index contributed by atoms with van der Waals surface area (Å²) in [5, 5.41) is 3.59. The van der Waals surface area contributed by atoms with Crippen molar-refractivity contribution in [1.82, 2.24) is 14.5 Å². The molecular weight excluding hydrogens is 428 g/mol. The zero-order valence-electron chi connectivity index (χ0n) is 19.8. The Labute approximate surface area is 200 Å². The van der Waals surface area contributed by atoms with Gasteiger partial charge in [-0.15, -0.1) is 0 Å². The zero-order chi connectivity index (χ0) is 23.3. The minimum absolute atomic E-state index is 0.00464. The summed E-state index contributed by atoms with van der Waals surface area (Å²) in [6.07, 6.45) is 6.30. The van der Waals surface area contributed by atoms with Gasteiger partial charge < -0.3 is 20.0 Å². The van der Waals surface area contributed by atoms with Gasteiger partial charge in [-0.25, -0.2) is 10.7 Å². The number of hydrogen-bond acceptors (Lipinski definition) is 6. The Morgan fingerprint density at radius 2 is 1.79 bits per heavy atom. The molecule has 1 saturated carbocycles. The summed E-state index contributed by atoms with van der Waals surface area (Å²) in [7, 11) is 0. The summed E-state index contributed by atoms with van der Waals surface area (Å²) in [5.74, 6) is 5.80. The highest BCUT2D eigenvalue weighted by molar-refractivity contribution is 5.90. The molecule has 0 atom stereocenters. The van der Waals surface area contributed by atoms with Gasteiger partial charge in [-0.1, -0.05) is 37.5 Å². The van der Waals surface area contributed by atoms with Crippen LogP contribution in [0.15, 0.2) is 47.3 Å². The second-order valence-corrected chi connectivity index (χ2v) is 9.62. The third kappa shape index (κ3) is 5.14. The third-order valence-corrected chi connectivity index (χ3v) is 7.35. The molecule has 34 heavy (non-hydrogen) atoms. The summed E-state index contributed by atoms with van der Waals surface area (Å²) in [5.41, 5.74) is 5.08. The minimum Gasteiger partial charge on any atom is -0.367 e. The van der Waals surface area contributed by atoms with E-state index in [-0.39, 0.29) is 5.69 Å². The number of rotatable bonds is 8. The number of imidazole rings is 1. The minimum atomic E-state index is -0.00464. The van der Waals surface area contributed by atoms with Gasteiger partial charge >= 0.3 is 5.69 Å². The maximum atomic E-state index is 13.0. The number of hydrogen-bond donors (Lipinski definition) is 3. The smallest absolute Gasteiger partial charge is 0.326 e. The van der Waals surface area contributed by atoms with Gasteiger partial charge in [0, 0.05) is 45.0 Å². The highest BCUT2D eigenvalue weighted by atomic mass is 16.6. The summed E-state index contributed by atoms with van der Waals surface area (Å²) in [6.45, 7) is 5.92. The van der Waals surface area contributed by atoms with E-state index >= 15 is 0 Å². The summed E-state index contributed by atoms with van der Waals surface area (Å²) in [6, 6.07) is 14.5. The van der Waals surface area contributed by atoms with Crippen molar-refractivity contribution in [2.24, 2.45) is 11.8 Å². The van der Waals surface area contributed by atoms with Gasteiger partial charge in [-0.05, 0) is 43.0 Å². The molecule has 2 heterocycles. The number of anilines is 3. The van der Waals surface area contributed by atoms with E-state index in [4.69, 9.17) is 10.7 Å². The van der Waals surface area contributed by atoms with Gasteiger partial charge in [-0.2, -0.15) is 0 Å². The second kappa shape index (κ2) is 10.6. The first-order valence-corrected chi connectivity index (χ1v) is 12.6. The normalized spacial score (nSPS) is 18.0. The Morgan fingerprint density at radius 1 is 1.03 bits per heavy atom. The van der Waals surface area contributed by atoms with Crippen LogP contribution in [-0.2, 0) is 11.4 Å². The molecule has 1 aliphatic carbocycles. The van der Waals surface area contributed by atoms with Crippen LogP contribution in [0, 0.1) is 5.92 Å². The number of fused-ring (bicyclic) bond motifs is 1. The Morgan fingerprint density at radius 3 is 2.53 bits per heavy atom. The molecule has 0 bridgehead atoms. The van der Waals surface area contributed by atoms with Gasteiger partial charge in [0.2, 0.25) is 0 Å². The Balaban J connectivity index is 1.47. The average molecular weight is 465 g/mol. The largest absolute Gasteiger partial charge is 0.367 e. The van der Waals surface area contributed by atoms with Crippen LogP contribution in [0.1, 0.15) is 32.1 Å². The molecule has 3 aromatic rings. The second-order valence-electron chi connectivity index (χ2n) is 9.62. The lowest BCUT2D eigenvalue weighted by Crippen LogP contribution is -2.47. The number of aromatic nitrogens is 2. The maximum Gasteiger partial charge on any atom is 0.326 e. The fourth-order valence-corrected chi connectivity index (χ4v) is 5.43. The van der Waals surface area contributed by atoms with E-state index in [1.54, 1.807) is 0 Å². The van der Waals surface area contributed by atoms with Crippen molar-refractivity contribution in [3.63, 3.8) is 0 Å². The van der Waals surface area contributed by atoms with Gasteiger partial charge in [-0.3, -0.25) is 9.47 Å². The standard InChI is InChI=1S/C26H36N6O2/c27-34-16-15-30-11-13-31(14-12-30)24-18-25-23(17-22(24)28-21-9-5-2-6-10-21)29-26(33)32(25)19-20-7-3-1-4-8-20/h2,5-6,9-10,17-18,20,28H,1,3-4,7-8,11-16,19,27H2,(H,29,33). The number of aromatic amines is 1. The molecule has 5 rings (SSSR count). The molecule has 0 amide bonds. The lowest BCUT2D eigenvalue weighted by atomic mass is 9.89. The lowest BCUT2D eigenvalue weighted by molar-refractivity contribution is 0.103. The number of nitrogens with zero attached hydrogens (tertiary/aromatic N) is 3. The molecule has 1 aromatic heterocycles. The third-order valence-electron chi connectivity index (χ3n) is 7.35. The molecule has 2 fully saturated rings. The first-order valence-electron chi connectivity index (χ1n) is 12.6. The predicted octanol–water partition coefficient (Wildman–Crippen LogP) is 3.67. The number of H-pyrrole nitrogens is 1. The van der Waals surface area contributed by atoms with Gasteiger partial charge in [0.05, 0.1) is 29.0 Å². The first kappa shape index (κ1) is 23.0. The van der Waals surface area contributed by atoms with Crippen LogP contribution in [-0.4, -0.2) is 53.8 Å². The van der Waals surface area contributed by atoms with Crippen LogP contribution in [0.2, 0.25) is 0 Å². The Hall–Kier alpha value is -2.81. The van der Waals surface area contributed by atoms with Crippen LogP contribution in [0.4, 0.5) is 17.1 Å². The van der Waals surface area contributed by atoms with Gasteiger partial charge in [0.25, 0.3) is 0 Å². The SMILES string of the molecule is NOCCN1CCN(c2cc3c(cc2Nc2ccccc2)[nH]c(=O)n3CC2CCCCC2)CC1. The number of nitrogens with one attached hydrogen (secondary N) is 2. The van der Waals surface area contributed by atoms with Gasteiger partial charge in [0.1, 0.15) is 0 Å². The van der Waals surface area contributed by atoms with Crippen molar-refractivity contribution in [2.75, 3.05) is 49.5 Å². The van der Waals surface area contributed by atoms with E-state index in [2.05, 4.69) is 44.4 Å². The molecule has 4 N–H and O–H groups in total. The number of piperazine rings is 1. The molecule has 8 nitrogen and oxygen atoms in total. The van der Waals surface area contributed by atoms with E-state index in [9.17, 15) is 4.79 Å². The topological polar surface area (TPSA) is 91.6 Å². The van der Waals surface area contributed by atoms with Gasteiger partial charge in [0.15, 0.2) is 0 Å². The van der Waals surface area contributed by atoms with E-state index in [0.29, 0.717) is 12.5 Å². The van der Waals surface area contributed by atoms with E-state index in [0.717, 1.165) is 67.4 Å². The summed E-state index contributed by atoms with van der Waals surface area (Å²) < 4.78 is 1.97. The predicted molar refractivity (Wildman–Crippen MR) is 138 cm³/mol. The van der Waals surface area contributed by atoms with E-state index in [1.807, 2.05) is 22.8 Å². The highest BCUT2D eigenvalue weighted by Crippen LogP contribution is 2.34. The monoisotopic (exact) mass is 464 g/mol. The van der Waals surface area contributed by atoms with E-state index in [1.165, 1.54) is 32.1 Å². The lowest BCUT2D eigenvalue weighted by Gasteiger charge is -2.37. The molecule has 182 valence electrons. The molecule has 0 radical (unpaired) electrons. The number of nitrogens with two attached hydrogens (primary N) is 1. The highest BCUT2D eigenvalue weighted by Gasteiger charge is 2.22. The van der Waals surface area contributed by atoms with Crippen LogP contribution in [0.3, 0.4) is 0 Å². The van der Waals surface area contributed by atoms with Crippen LogP contribution >= 0.6 is 0 Å². The molecule has 2 aromatic carbocycles. The molecule has 2 aliphatic rings. The van der Waals surface area contributed by atoms with Crippen molar-refractivity contribution in [3.8, 4) is 0 Å². The van der Waals surface area contributed by atoms with Crippen LogP contribution in [0.25, 0.3) is 11.0 Å². The zero-order valence-corrected chi connectivity index (χ0v) is 19.8. The summed E-state index contributed by atoms with van der Waals surface area (Å²) in [4.78, 5) is 25.6. The summed E-state index contributed by atoms with van der Waals surface area (Å²) >= 11 is 0. The van der Waals surface area contributed by atoms with E-state index < -0.39 is 0 Å². The van der Waals surface area contributed by atoms with Crippen molar-refractivity contribution >= 4 is 28.1 Å². The van der Waals surface area contributed by atoms with Crippen molar-refractivity contribution in [2.45, 2.75) is 38.6 Å². The van der Waals surface area contributed by atoms with Crippen molar-refractivity contribution < 1.29 is 4.84 Å². The average Bonchev–Trinajstić information content (AvgIpc) is 3.17. The first-order chi connectivity index (χ1) is 16.7. The molecule has 1 aliphatic heterocycles. The molecule has 1 saturated heterocycles. The Kier molecular flexibility index (Phi) is 7.18. The Bertz CT molecular complexity index is 1130. The molecule has 8 heteroatoms. The molecular formula is C26H36N6O2. The fraction of sp³-hybridized carbons (Fsp3) is 0.500. The van der Waals surface area contributed by atoms with Crippen LogP contribution in [0.5, 0.6) is 0 Å². The number of para-hydroxylation sites is 1. The fourth-order valence-electron chi connectivity index (χ4n) is 5.43. The quantitative estimate of drug-likeness (QED) is 0.441. The maximum absolute atomic E-state index is 13.0. The number of benzene rings is 2.